The Morgan fingerprint density at radius 2 is 2.00 bits per heavy atom. The third-order valence-electron chi connectivity index (χ3n) is 4.47. The molecule has 0 bridgehead atoms. The first-order valence-electron chi connectivity index (χ1n) is 9.31. The first-order chi connectivity index (χ1) is 13.2. The van der Waals surface area contributed by atoms with Crippen molar-refractivity contribution in [2.75, 3.05) is 19.8 Å². The van der Waals surface area contributed by atoms with Crippen LogP contribution >= 0.6 is 11.6 Å². The average molecular weight is 394 g/mol. The van der Waals surface area contributed by atoms with Gasteiger partial charge in [-0.05, 0) is 37.5 Å². The van der Waals surface area contributed by atoms with E-state index in [9.17, 15) is 4.39 Å². The monoisotopic (exact) mass is 393 g/mol. The number of rotatable bonds is 9. The number of benzene rings is 2. The van der Waals surface area contributed by atoms with Gasteiger partial charge in [-0.1, -0.05) is 29.8 Å². The van der Waals surface area contributed by atoms with Gasteiger partial charge in [0.25, 0.3) is 0 Å². The van der Waals surface area contributed by atoms with E-state index in [0.717, 1.165) is 31.6 Å². The topological polar surface area (TPSA) is 39.7 Å². The van der Waals surface area contributed by atoms with E-state index in [1.165, 1.54) is 6.07 Å². The molecule has 1 aliphatic rings. The second kappa shape index (κ2) is 9.93. The smallest absolute Gasteiger partial charge is 0.163 e. The van der Waals surface area contributed by atoms with Crippen LogP contribution in [0.4, 0.5) is 4.39 Å². The Morgan fingerprint density at radius 1 is 1.19 bits per heavy atom. The van der Waals surface area contributed by atoms with E-state index < -0.39 is 0 Å². The van der Waals surface area contributed by atoms with Gasteiger partial charge in [-0.3, -0.25) is 0 Å². The summed E-state index contributed by atoms with van der Waals surface area (Å²) in [5.74, 6) is 0.816. The Kier molecular flexibility index (Phi) is 7.33. The predicted molar refractivity (Wildman–Crippen MR) is 104 cm³/mol. The SMILES string of the molecule is CCOc1cc(CNCC2CCCO2)c(Cl)cc1OCc1ccccc1F. The fraction of sp³-hybridized carbons (Fsp3) is 0.429. The molecule has 1 aliphatic heterocycles. The lowest BCUT2D eigenvalue weighted by Gasteiger charge is -2.16. The highest BCUT2D eigenvalue weighted by molar-refractivity contribution is 6.31. The lowest BCUT2D eigenvalue weighted by atomic mass is 10.1. The van der Waals surface area contributed by atoms with Crippen LogP contribution in [0.15, 0.2) is 36.4 Å². The van der Waals surface area contributed by atoms with Crippen LogP contribution < -0.4 is 14.8 Å². The molecule has 2 aromatic carbocycles. The Hall–Kier alpha value is -1.82. The zero-order chi connectivity index (χ0) is 19.1. The fourth-order valence-corrected chi connectivity index (χ4v) is 3.26. The van der Waals surface area contributed by atoms with Crippen LogP contribution in [0.2, 0.25) is 5.02 Å². The van der Waals surface area contributed by atoms with Gasteiger partial charge < -0.3 is 19.5 Å². The number of ether oxygens (including phenoxy) is 3. The first-order valence-corrected chi connectivity index (χ1v) is 9.69. The van der Waals surface area contributed by atoms with Gasteiger partial charge in [-0.2, -0.15) is 0 Å². The summed E-state index contributed by atoms with van der Waals surface area (Å²) in [7, 11) is 0. The Bertz CT molecular complexity index is 750. The van der Waals surface area contributed by atoms with Gasteiger partial charge in [0, 0.05) is 36.3 Å². The largest absolute Gasteiger partial charge is 0.490 e. The van der Waals surface area contributed by atoms with E-state index in [1.54, 1.807) is 24.3 Å². The number of hydrogen-bond acceptors (Lipinski definition) is 4. The summed E-state index contributed by atoms with van der Waals surface area (Å²) in [4.78, 5) is 0. The summed E-state index contributed by atoms with van der Waals surface area (Å²) in [6.07, 6.45) is 2.49. The standard InChI is InChI=1S/C21H25ClFNO3/c1-2-25-20-10-16(12-24-13-17-7-5-9-26-17)18(22)11-21(20)27-14-15-6-3-4-8-19(15)23/h3-4,6,8,10-11,17,24H,2,5,7,9,12-14H2,1H3. The molecular weight excluding hydrogens is 369 g/mol. The maximum absolute atomic E-state index is 13.8. The number of hydrogen-bond donors (Lipinski definition) is 1. The van der Waals surface area contributed by atoms with Crippen LogP contribution in [-0.2, 0) is 17.9 Å². The van der Waals surface area contributed by atoms with E-state index in [-0.39, 0.29) is 18.5 Å². The molecule has 146 valence electrons. The lowest BCUT2D eigenvalue weighted by molar-refractivity contribution is 0.110. The minimum atomic E-state index is -0.295. The van der Waals surface area contributed by atoms with E-state index in [0.29, 0.717) is 35.2 Å². The quantitative estimate of drug-likeness (QED) is 0.668. The summed E-state index contributed by atoms with van der Waals surface area (Å²) in [6.45, 7) is 4.78. The molecule has 0 radical (unpaired) electrons. The third-order valence-corrected chi connectivity index (χ3v) is 4.82. The highest BCUT2D eigenvalue weighted by Gasteiger charge is 2.16. The summed E-state index contributed by atoms with van der Waals surface area (Å²) >= 11 is 6.43. The summed E-state index contributed by atoms with van der Waals surface area (Å²) in [6, 6.07) is 10.2. The second-order valence-electron chi connectivity index (χ2n) is 6.47. The van der Waals surface area contributed by atoms with Crippen molar-refractivity contribution in [2.45, 2.75) is 39.0 Å². The van der Waals surface area contributed by atoms with E-state index >= 15 is 0 Å². The van der Waals surface area contributed by atoms with Crippen molar-refractivity contribution in [1.29, 1.82) is 0 Å². The molecular formula is C21H25ClFNO3. The van der Waals surface area contributed by atoms with E-state index in [2.05, 4.69) is 5.32 Å². The molecule has 0 aliphatic carbocycles. The molecule has 0 saturated carbocycles. The van der Waals surface area contributed by atoms with Gasteiger partial charge in [-0.25, -0.2) is 4.39 Å². The van der Waals surface area contributed by atoms with Crippen LogP contribution in [0, 0.1) is 5.82 Å². The van der Waals surface area contributed by atoms with Crippen molar-refractivity contribution in [1.82, 2.24) is 5.32 Å². The summed E-state index contributed by atoms with van der Waals surface area (Å²) < 4.78 is 30.9. The molecule has 1 N–H and O–H groups in total. The minimum absolute atomic E-state index is 0.111. The maximum atomic E-state index is 13.8. The Balaban J connectivity index is 1.66. The van der Waals surface area contributed by atoms with Crippen LogP contribution in [-0.4, -0.2) is 25.9 Å². The minimum Gasteiger partial charge on any atom is -0.490 e. The highest BCUT2D eigenvalue weighted by Crippen LogP contribution is 2.34. The highest BCUT2D eigenvalue weighted by atomic mass is 35.5. The van der Waals surface area contributed by atoms with Crippen molar-refractivity contribution >= 4 is 11.6 Å². The van der Waals surface area contributed by atoms with Crippen molar-refractivity contribution in [3.8, 4) is 11.5 Å². The number of nitrogens with one attached hydrogen (secondary N) is 1. The number of halogens is 2. The molecule has 0 spiro atoms. The molecule has 6 heteroatoms. The first kappa shape index (κ1) is 19.9. The van der Waals surface area contributed by atoms with Crippen LogP contribution in [0.1, 0.15) is 30.9 Å². The molecule has 1 unspecified atom stereocenters. The molecule has 0 aromatic heterocycles. The zero-order valence-corrected chi connectivity index (χ0v) is 16.2. The van der Waals surface area contributed by atoms with E-state index in [1.807, 2.05) is 13.0 Å². The average Bonchev–Trinajstić information content (AvgIpc) is 3.17. The predicted octanol–water partition coefficient (Wildman–Crippen LogP) is 4.73. The molecule has 1 saturated heterocycles. The van der Waals surface area contributed by atoms with Gasteiger partial charge in [0.15, 0.2) is 11.5 Å². The molecule has 27 heavy (non-hydrogen) atoms. The van der Waals surface area contributed by atoms with Gasteiger partial charge in [0.1, 0.15) is 12.4 Å². The van der Waals surface area contributed by atoms with Crippen LogP contribution in [0.25, 0.3) is 0 Å². The normalized spacial score (nSPS) is 16.5. The summed E-state index contributed by atoms with van der Waals surface area (Å²) in [5.41, 5.74) is 1.41. The molecule has 4 nitrogen and oxygen atoms in total. The lowest BCUT2D eigenvalue weighted by Crippen LogP contribution is -2.25. The zero-order valence-electron chi connectivity index (χ0n) is 15.5. The van der Waals surface area contributed by atoms with Gasteiger partial charge in [0.05, 0.1) is 12.7 Å². The van der Waals surface area contributed by atoms with Gasteiger partial charge >= 0.3 is 0 Å². The molecule has 2 aromatic rings. The van der Waals surface area contributed by atoms with Crippen molar-refractivity contribution < 1.29 is 18.6 Å². The maximum Gasteiger partial charge on any atom is 0.163 e. The van der Waals surface area contributed by atoms with Crippen molar-refractivity contribution in [3.63, 3.8) is 0 Å². The fourth-order valence-electron chi connectivity index (χ4n) is 3.04. The Labute approximate surface area is 164 Å². The molecule has 1 fully saturated rings. The van der Waals surface area contributed by atoms with Gasteiger partial charge in [-0.15, -0.1) is 0 Å². The summed E-state index contributed by atoms with van der Waals surface area (Å²) in [5, 5.41) is 3.97. The third kappa shape index (κ3) is 5.58. The molecule has 0 amide bonds. The van der Waals surface area contributed by atoms with E-state index in [4.69, 9.17) is 25.8 Å². The van der Waals surface area contributed by atoms with Crippen molar-refractivity contribution in [2.24, 2.45) is 0 Å². The molecule has 1 heterocycles. The van der Waals surface area contributed by atoms with Crippen LogP contribution in [0.3, 0.4) is 0 Å². The van der Waals surface area contributed by atoms with Crippen LogP contribution in [0.5, 0.6) is 11.5 Å². The molecule has 1 atom stereocenters. The second-order valence-corrected chi connectivity index (χ2v) is 6.88. The molecule has 3 rings (SSSR count). The Morgan fingerprint density at radius 3 is 2.74 bits per heavy atom. The van der Waals surface area contributed by atoms with Gasteiger partial charge in [0.2, 0.25) is 0 Å². The van der Waals surface area contributed by atoms with Crippen molar-refractivity contribution in [3.05, 3.63) is 58.4 Å².